The van der Waals surface area contributed by atoms with E-state index in [2.05, 4.69) is 62.7 Å². The van der Waals surface area contributed by atoms with E-state index < -0.39 is 58.8 Å². The van der Waals surface area contributed by atoms with Crippen molar-refractivity contribution in [2.45, 2.75) is 148 Å². The van der Waals surface area contributed by atoms with Crippen LogP contribution in [0.4, 0.5) is 30.7 Å². The normalized spacial score (nSPS) is 17.5. The molecule has 2 saturated heterocycles. The number of benzene rings is 3. The summed E-state index contributed by atoms with van der Waals surface area (Å²) in [5, 5.41) is 40.2. The zero-order valence-electron chi connectivity index (χ0n) is 53.9. The number of ether oxygens (including phenoxy) is 2. The molecule has 4 aromatic heterocycles. The molecule has 3 amide bonds. The molecule has 0 bridgehead atoms. The SMILES string of the molecule is Cc1ncsc1-c1ccc(CNC(=O)[C@@H]2C[C@@H](O)CN2C(=O)[C@@H](NC(=O)C2(F)CC2)C(C)(C)C)c(OCCCCCCCCN2CCN(CC#Cc3ccc(OCCCc4sc(N5CCCc6c5nnc(Nc5nc7ccccc7s5)c6C)nc4C(=O)O)c(F)c3)CC2)c1. The van der Waals surface area contributed by atoms with Crippen LogP contribution in [0.25, 0.3) is 20.7 Å². The number of β-amino-alcohol motifs (C(OH)–C–C–N with tert-alkyl or cyclic N) is 1. The lowest BCUT2D eigenvalue weighted by molar-refractivity contribution is -0.145. The number of halogens is 2. The first kappa shape index (κ1) is 67.7. The zero-order valence-corrected chi connectivity index (χ0v) is 56.4. The number of nitrogens with one attached hydrogen (secondary N) is 3. The Hall–Kier alpha value is -7.73. The van der Waals surface area contributed by atoms with Crippen molar-refractivity contribution in [2.75, 3.05) is 75.8 Å². The van der Waals surface area contributed by atoms with Crippen molar-refractivity contribution < 1.29 is 47.6 Å². The van der Waals surface area contributed by atoms with E-state index in [4.69, 9.17) is 9.47 Å². The lowest BCUT2D eigenvalue weighted by atomic mass is 9.85. The Morgan fingerprint density at radius 2 is 1.63 bits per heavy atom. The van der Waals surface area contributed by atoms with E-state index in [0.717, 1.165) is 132 Å². The molecule has 11 rings (SSSR count). The number of aryl methyl sites for hydroxylation is 2. The standard InChI is InChI=1S/C69H82F2N12O8S3/c1-43-49-18-15-30-82(61(49)79-78-60(43)77-66-74-51-19-10-11-20-55(51)93-66)67-75-57(64(87)88)56(94-67)21-16-36-90-53-25-22-45(37-50(53)70)17-14-29-81-33-31-80(32-34-81)28-12-8-6-7-9-13-35-91-54-38-46(58-44(2)73-42-92-58)23-24-47(54)40-72-62(85)52-39-48(84)41-83(52)63(86)59(68(3,4)5)76-65(89)69(71)26-27-69/h10-11,19-20,22-25,37-38,42,48,52,59,84H,6-9,12-13,15-16,18,21,26-36,39-41H2,1-5H3,(H,72,85)(H,76,89)(H,87,88)(H,74,77,78)/t48-,52+,59-/m1/s1. The molecule has 94 heavy (non-hydrogen) atoms. The molecule has 498 valence electrons. The molecule has 3 atom stereocenters. The van der Waals surface area contributed by atoms with Crippen LogP contribution >= 0.6 is 34.0 Å². The topological polar surface area (TPSA) is 241 Å². The number of hydrogen-bond donors (Lipinski definition) is 5. The van der Waals surface area contributed by atoms with Gasteiger partial charge in [-0.3, -0.25) is 19.3 Å². The summed E-state index contributed by atoms with van der Waals surface area (Å²) in [4.78, 5) is 76.4. The average molecular weight is 1340 g/mol. The van der Waals surface area contributed by atoms with Crippen LogP contribution in [-0.4, -0.2) is 163 Å². The number of carboxylic acids is 1. The molecule has 1 aliphatic carbocycles. The maximum Gasteiger partial charge on any atom is 0.355 e. The number of aliphatic hydroxyl groups excluding tert-OH is 1. The third-order valence-corrected chi connectivity index (χ3v) is 20.8. The monoisotopic (exact) mass is 1340 g/mol. The van der Waals surface area contributed by atoms with Gasteiger partial charge >= 0.3 is 5.97 Å². The molecule has 1 saturated carbocycles. The summed E-state index contributed by atoms with van der Waals surface area (Å²) in [5.74, 6) is 4.99. The summed E-state index contributed by atoms with van der Waals surface area (Å²) in [7, 11) is 0. The molecule has 3 fully saturated rings. The molecule has 7 aromatic rings. The maximum atomic E-state index is 15.3. The Morgan fingerprint density at radius 1 is 0.872 bits per heavy atom. The lowest BCUT2D eigenvalue weighted by Crippen LogP contribution is -2.59. The molecule has 5 N–H and O–H groups in total. The second kappa shape index (κ2) is 30.3. The molecule has 4 aliphatic rings. The number of carbonyl (C=O) groups excluding carboxylic acids is 3. The number of rotatable bonds is 27. The number of thiazole rings is 3. The van der Waals surface area contributed by atoms with E-state index in [1.54, 1.807) is 55.6 Å². The predicted octanol–water partition coefficient (Wildman–Crippen LogP) is 11.0. The molecule has 0 spiro atoms. The van der Waals surface area contributed by atoms with Crippen LogP contribution in [0, 0.1) is 36.9 Å². The van der Waals surface area contributed by atoms with Gasteiger partial charge in [0.2, 0.25) is 11.8 Å². The first-order valence-electron chi connectivity index (χ1n) is 32.6. The summed E-state index contributed by atoms with van der Waals surface area (Å²) in [6.45, 7) is 16.0. The molecule has 3 aromatic carbocycles. The average Bonchev–Trinajstić information content (AvgIpc) is 1.34. The summed E-state index contributed by atoms with van der Waals surface area (Å²) >= 11 is 4.41. The van der Waals surface area contributed by atoms with Crippen molar-refractivity contribution in [3.63, 3.8) is 0 Å². The number of aliphatic hydroxyl groups is 1. The van der Waals surface area contributed by atoms with E-state index in [-0.39, 0.29) is 50.4 Å². The quantitative estimate of drug-likeness (QED) is 0.0237. The number of alkyl halides is 1. The van der Waals surface area contributed by atoms with E-state index in [1.807, 2.05) is 66.7 Å². The van der Waals surface area contributed by atoms with E-state index in [0.29, 0.717) is 65.5 Å². The van der Waals surface area contributed by atoms with Crippen LogP contribution in [0.1, 0.15) is 135 Å². The highest BCUT2D eigenvalue weighted by Crippen LogP contribution is 2.42. The number of nitrogens with zero attached hydrogens (tertiary/aromatic N) is 9. The van der Waals surface area contributed by atoms with Crippen LogP contribution in [0.5, 0.6) is 11.5 Å². The Labute approximate surface area is 558 Å². The van der Waals surface area contributed by atoms with Crippen LogP contribution in [0.3, 0.4) is 0 Å². The Bertz CT molecular complexity index is 3890. The molecule has 3 aliphatic heterocycles. The summed E-state index contributed by atoms with van der Waals surface area (Å²) in [6, 6.07) is 16.5. The smallest absolute Gasteiger partial charge is 0.355 e. The lowest BCUT2D eigenvalue weighted by Gasteiger charge is -2.35. The minimum atomic E-state index is -1.97. The number of aromatic carboxylic acids is 1. The number of anilines is 4. The van der Waals surface area contributed by atoms with Crippen molar-refractivity contribution in [2.24, 2.45) is 5.41 Å². The van der Waals surface area contributed by atoms with Crippen LogP contribution in [0.2, 0.25) is 0 Å². The third-order valence-electron chi connectivity index (χ3n) is 17.8. The van der Waals surface area contributed by atoms with Gasteiger partial charge in [-0.15, -0.1) is 32.9 Å². The number of amides is 3. The fraction of sp³-hybridized carbons (Fsp3) is 0.493. The highest BCUT2D eigenvalue weighted by Gasteiger charge is 2.53. The number of unbranched alkanes of at least 4 members (excludes halogenated alkanes) is 5. The highest BCUT2D eigenvalue weighted by molar-refractivity contribution is 7.22. The van der Waals surface area contributed by atoms with Crippen molar-refractivity contribution in [3.05, 3.63) is 111 Å². The molecule has 0 unspecified atom stereocenters. The van der Waals surface area contributed by atoms with Gasteiger partial charge in [-0.05, 0) is 119 Å². The highest BCUT2D eigenvalue weighted by atomic mass is 32.1. The Morgan fingerprint density at radius 3 is 2.37 bits per heavy atom. The second-order valence-corrected chi connectivity index (χ2v) is 28.8. The Balaban J connectivity index is 0.569. The largest absolute Gasteiger partial charge is 0.493 e. The van der Waals surface area contributed by atoms with Crippen molar-refractivity contribution in [1.29, 1.82) is 0 Å². The number of likely N-dealkylation sites (tertiary alicyclic amines) is 1. The third kappa shape index (κ3) is 16.7. The number of aromatic nitrogens is 5. The fourth-order valence-electron chi connectivity index (χ4n) is 12.1. The van der Waals surface area contributed by atoms with Crippen LogP contribution < -0.4 is 30.3 Å². The molecular weight excluding hydrogens is 1260 g/mol. The summed E-state index contributed by atoms with van der Waals surface area (Å²) < 4.78 is 43.4. The van der Waals surface area contributed by atoms with Gasteiger partial charge in [0.25, 0.3) is 5.91 Å². The second-order valence-electron chi connectivity index (χ2n) is 25.8. The van der Waals surface area contributed by atoms with Gasteiger partial charge in [-0.1, -0.05) is 93.9 Å². The van der Waals surface area contributed by atoms with Gasteiger partial charge in [-0.2, -0.15) is 0 Å². The number of fused-ring (bicyclic) bond motifs is 2. The molecule has 7 heterocycles. The van der Waals surface area contributed by atoms with E-state index in [9.17, 15) is 33.8 Å². The van der Waals surface area contributed by atoms with Crippen LogP contribution in [-0.2, 0) is 33.8 Å². The van der Waals surface area contributed by atoms with Crippen LogP contribution in [0.15, 0.2) is 66.2 Å². The van der Waals surface area contributed by atoms with Crippen molar-refractivity contribution >= 4 is 89.8 Å². The van der Waals surface area contributed by atoms with Gasteiger partial charge < -0.3 is 50.3 Å². The minimum absolute atomic E-state index is 0.00799. The fourth-order valence-corrected chi connectivity index (χ4v) is 14.9. The zero-order chi connectivity index (χ0) is 66.1. The predicted molar refractivity (Wildman–Crippen MR) is 362 cm³/mol. The number of carboxylic acid groups (broad SMARTS) is 1. The molecular formula is C69H82F2N12O8S3. The molecule has 25 heteroatoms. The number of hydrogen-bond acceptors (Lipinski definition) is 19. The summed E-state index contributed by atoms with van der Waals surface area (Å²) in [5.41, 5.74) is 5.14. The van der Waals surface area contributed by atoms with E-state index in [1.165, 1.54) is 22.3 Å². The maximum absolute atomic E-state index is 15.3. The number of para-hydroxylation sites is 1. The molecule has 20 nitrogen and oxygen atoms in total. The van der Waals surface area contributed by atoms with Gasteiger partial charge in [0.15, 0.2) is 44.8 Å². The first-order valence-corrected chi connectivity index (χ1v) is 35.1. The van der Waals surface area contributed by atoms with Gasteiger partial charge in [0.05, 0.1) is 52.2 Å². The van der Waals surface area contributed by atoms with Gasteiger partial charge in [-0.25, -0.2) is 28.5 Å². The number of carbonyl (C=O) groups is 4. The Kier molecular flexibility index (Phi) is 21.8. The minimum Gasteiger partial charge on any atom is -0.493 e. The first-order chi connectivity index (χ1) is 45.3. The van der Waals surface area contributed by atoms with E-state index >= 15 is 4.39 Å². The molecule has 0 radical (unpaired) electrons. The van der Waals surface area contributed by atoms with Crippen molar-refractivity contribution in [1.82, 2.24) is 50.5 Å². The van der Waals surface area contributed by atoms with Crippen molar-refractivity contribution in [3.8, 4) is 33.8 Å². The van der Waals surface area contributed by atoms with Gasteiger partial charge in [0.1, 0.15) is 17.8 Å². The summed E-state index contributed by atoms with van der Waals surface area (Å²) in [6.07, 6.45) is 8.12. The van der Waals surface area contributed by atoms with Gasteiger partial charge in [0, 0.05) is 79.4 Å². The number of piperazine rings is 1.